The third-order valence-corrected chi connectivity index (χ3v) is 3.43. The molecule has 7 heteroatoms. The molecule has 4 N–H and O–H groups in total. The van der Waals surface area contributed by atoms with Crippen molar-refractivity contribution in [2.45, 2.75) is 26.8 Å². The molecule has 1 aromatic carbocycles. The molecule has 7 nitrogen and oxygen atoms in total. The van der Waals surface area contributed by atoms with E-state index in [2.05, 4.69) is 46.7 Å². The fraction of sp³-hybridized carbons (Fsp3) is 0.529. The van der Waals surface area contributed by atoms with E-state index in [0.717, 1.165) is 31.8 Å². The topological polar surface area (TPSA) is 90.0 Å². The molecule has 0 amide bonds. The van der Waals surface area contributed by atoms with Crippen LogP contribution in [0.3, 0.4) is 0 Å². The molecule has 0 fully saturated rings. The van der Waals surface area contributed by atoms with Crippen LogP contribution in [0.15, 0.2) is 24.3 Å². The molecule has 24 heavy (non-hydrogen) atoms. The van der Waals surface area contributed by atoms with Gasteiger partial charge in [-0.2, -0.15) is 4.98 Å². The number of aryl methyl sites for hydroxylation is 1. The summed E-state index contributed by atoms with van der Waals surface area (Å²) >= 11 is 0. The zero-order valence-electron chi connectivity index (χ0n) is 14.7. The van der Waals surface area contributed by atoms with Gasteiger partial charge in [0.15, 0.2) is 0 Å². The molecule has 0 radical (unpaired) electrons. The Hall–Kier alpha value is -2.28. The zero-order chi connectivity index (χ0) is 17.4. The van der Waals surface area contributed by atoms with Crippen LogP contribution in [0.1, 0.15) is 25.8 Å². The highest BCUT2D eigenvalue weighted by atomic mass is 16.5. The summed E-state index contributed by atoms with van der Waals surface area (Å²) in [6, 6.07) is 8.22. The molecule has 0 saturated heterocycles. The third-order valence-electron chi connectivity index (χ3n) is 3.43. The predicted molar refractivity (Wildman–Crippen MR) is 97.0 cm³/mol. The lowest BCUT2D eigenvalue weighted by atomic mass is 10.2. The van der Waals surface area contributed by atoms with Gasteiger partial charge in [-0.25, -0.2) is 4.68 Å². The van der Waals surface area contributed by atoms with Crippen LogP contribution in [0.25, 0.3) is 0 Å². The van der Waals surface area contributed by atoms with Crippen LogP contribution in [-0.2, 0) is 13.6 Å². The lowest BCUT2D eigenvalue weighted by Gasteiger charge is -2.10. The van der Waals surface area contributed by atoms with Crippen molar-refractivity contribution in [3.63, 3.8) is 0 Å². The van der Waals surface area contributed by atoms with Gasteiger partial charge < -0.3 is 21.1 Å². The molecule has 1 aromatic heterocycles. The summed E-state index contributed by atoms with van der Waals surface area (Å²) in [7, 11) is 1.81. The van der Waals surface area contributed by atoms with Crippen LogP contribution in [-0.4, -0.2) is 34.5 Å². The first-order valence-corrected chi connectivity index (χ1v) is 8.37. The Balaban J connectivity index is 1.67. The van der Waals surface area contributed by atoms with Gasteiger partial charge in [-0.15, -0.1) is 5.10 Å². The van der Waals surface area contributed by atoms with E-state index in [1.54, 1.807) is 11.7 Å². The zero-order valence-corrected chi connectivity index (χ0v) is 14.7. The Bertz CT molecular complexity index is 625. The molecular formula is C17H28N6O. The van der Waals surface area contributed by atoms with Crippen molar-refractivity contribution in [1.82, 2.24) is 20.1 Å². The molecule has 0 bridgehead atoms. The highest BCUT2D eigenvalue weighted by Crippen LogP contribution is 2.13. The second-order valence-electron chi connectivity index (χ2n) is 6.22. The molecule has 0 aliphatic heterocycles. The van der Waals surface area contributed by atoms with Crippen LogP contribution in [0.4, 0.5) is 11.9 Å². The van der Waals surface area contributed by atoms with Crippen LogP contribution in [0, 0.1) is 5.92 Å². The van der Waals surface area contributed by atoms with Gasteiger partial charge >= 0.3 is 0 Å². The van der Waals surface area contributed by atoms with Gasteiger partial charge in [-0.3, -0.25) is 0 Å². The molecule has 0 saturated carbocycles. The van der Waals surface area contributed by atoms with E-state index in [0.29, 0.717) is 18.5 Å². The Morgan fingerprint density at radius 3 is 2.88 bits per heavy atom. The number of hydrogen-bond acceptors (Lipinski definition) is 6. The predicted octanol–water partition coefficient (Wildman–Crippen LogP) is 2.02. The summed E-state index contributed by atoms with van der Waals surface area (Å²) in [6.07, 6.45) is 0.864. The molecular weight excluding hydrogens is 304 g/mol. The first-order valence-electron chi connectivity index (χ1n) is 8.37. The number of benzene rings is 1. The molecule has 1 heterocycles. The summed E-state index contributed by atoms with van der Waals surface area (Å²) < 4.78 is 7.44. The summed E-state index contributed by atoms with van der Waals surface area (Å²) in [5.41, 5.74) is 6.78. The molecule has 0 atom stereocenters. The molecule has 0 unspecified atom stereocenters. The van der Waals surface area contributed by atoms with E-state index in [1.165, 1.54) is 5.56 Å². The molecule has 0 aliphatic carbocycles. The molecule has 0 aliphatic rings. The van der Waals surface area contributed by atoms with Crippen LogP contribution >= 0.6 is 0 Å². The van der Waals surface area contributed by atoms with Gasteiger partial charge in [0, 0.05) is 20.1 Å². The fourth-order valence-electron chi connectivity index (χ4n) is 2.27. The van der Waals surface area contributed by atoms with Crippen molar-refractivity contribution in [1.29, 1.82) is 0 Å². The number of rotatable bonds is 10. The summed E-state index contributed by atoms with van der Waals surface area (Å²) in [5, 5.41) is 10.6. The van der Waals surface area contributed by atoms with Gasteiger partial charge in [-0.05, 0) is 36.6 Å². The standard InChI is InChI=1S/C17H28N6O/c1-13(2)11-19-12-14-6-4-7-15(10-14)24-9-5-8-20-17-21-16(18)22-23(17)3/h4,6-7,10,13,19H,5,8-9,11-12H2,1-3H3,(H3,18,20,21,22). The minimum Gasteiger partial charge on any atom is -0.494 e. The maximum atomic E-state index is 5.81. The number of ether oxygens (including phenoxy) is 1. The van der Waals surface area contributed by atoms with Crippen LogP contribution < -0.4 is 21.1 Å². The lowest BCUT2D eigenvalue weighted by molar-refractivity contribution is 0.314. The maximum absolute atomic E-state index is 5.81. The lowest BCUT2D eigenvalue weighted by Crippen LogP contribution is -2.18. The molecule has 2 aromatic rings. The second-order valence-corrected chi connectivity index (χ2v) is 6.22. The quantitative estimate of drug-likeness (QED) is 0.577. The van der Waals surface area contributed by atoms with Crippen molar-refractivity contribution in [2.75, 3.05) is 30.7 Å². The highest BCUT2D eigenvalue weighted by Gasteiger charge is 2.03. The van der Waals surface area contributed by atoms with E-state index >= 15 is 0 Å². The summed E-state index contributed by atoms with van der Waals surface area (Å²) in [6.45, 7) is 7.69. The second kappa shape index (κ2) is 9.12. The monoisotopic (exact) mass is 332 g/mol. The Kier molecular flexibility index (Phi) is 6.87. The number of nitrogens with one attached hydrogen (secondary N) is 2. The van der Waals surface area contributed by atoms with Gasteiger partial charge in [0.25, 0.3) is 0 Å². The number of nitrogens with zero attached hydrogens (tertiary/aromatic N) is 3. The first kappa shape index (κ1) is 18.1. The molecule has 0 spiro atoms. The van der Waals surface area contributed by atoms with E-state index < -0.39 is 0 Å². The van der Waals surface area contributed by atoms with E-state index in [9.17, 15) is 0 Å². The highest BCUT2D eigenvalue weighted by molar-refractivity contribution is 5.31. The van der Waals surface area contributed by atoms with Crippen molar-refractivity contribution in [2.24, 2.45) is 13.0 Å². The number of aromatic nitrogens is 3. The minimum atomic E-state index is 0.277. The van der Waals surface area contributed by atoms with Crippen LogP contribution in [0.5, 0.6) is 5.75 Å². The van der Waals surface area contributed by atoms with Crippen molar-refractivity contribution < 1.29 is 4.74 Å². The van der Waals surface area contributed by atoms with Gasteiger partial charge in [0.05, 0.1) is 6.61 Å². The van der Waals surface area contributed by atoms with E-state index in [-0.39, 0.29) is 5.95 Å². The van der Waals surface area contributed by atoms with Gasteiger partial charge in [-0.1, -0.05) is 26.0 Å². The SMILES string of the molecule is CC(C)CNCc1cccc(OCCCNc2nc(N)nn2C)c1. The summed E-state index contributed by atoms with van der Waals surface area (Å²) in [5.74, 6) is 2.51. The average molecular weight is 332 g/mol. The van der Waals surface area contributed by atoms with Crippen LogP contribution in [0.2, 0.25) is 0 Å². The number of anilines is 2. The largest absolute Gasteiger partial charge is 0.494 e. The first-order chi connectivity index (χ1) is 11.5. The summed E-state index contributed by atoms with van der Waals surface area (Å²) in [4.78, 5) is 4.09. The Labute approximate surface area is 143 Å². The average Bonchev–Trinajstić information content (AvgIpc) is 2.85. The number of nitrogen functional groups attached to an aromatic ring is 1. The van der Waals surface area contributed by atoms with Crippen molar-refractivity contribution >= 4 is 11.9 Å². The Morgan fingerprint density at radius 2 is 2.17 bits per heavy atom. The van der Waals surface area contributed by atoms with E-state index in [1.807, 2.05) is 12.1 Å². The normalized spacial score (nSPS) is 11.0. The number of nitrogens with two attached hydrogens (primary N) is 1. The number of hydrogen-bond donors (Lipinski definition) is 3. The van der Waals surface area contributed by atoms with Gasteiger partial charge in [0.2, 0.25) is 11.9 Å². The Morgan fingerprint density at radius 1 is 1.33 bits per heavy atom. The smallest absolute Gasteiger partial charge is 0.241 e. The molecule has 2 rings (SSSR count). The maximum Gasteiger partial charge on any atom is 0.241 e. The van der Waals surface area contributed by atoms with Crippen molar-refractivity contribution in [3.05, 3.63) is 29.8 Å². The minimum absolute atomic E-state index is 0.277. The molecule has 132 valence electrons. The van der Waals surface area contributed by atoms with E-state index in [4.69, 9.17) is 10.5 Å². The van der Waals surface area contributed by atoms with Gasteiger partial charge in [0.1, 0.15) is 5.75 Å². The third kappa shape index (κ3) is 6.08. The fourth-order valence-corrected chi connectivity index (χ4v) is 2.27. The van der Waals surface area contributed by atoms with Crippen molar-refractivity contribution in [3.8, 4) is 5.75 Å².